The van der Waals surface area contributed by atoms with Crippen LogP contribution < -0.4 is 14.8 Å². The molecule has 286 valence electrons. The van der Waals surface area contributed by atoms with Gasteiger partial charge in [0, 0.05) is 49.3 Å². The number of aromatic amines is 1. The van der Waals surface area contributed by atoms with Crippen LogP contribution in [0.1, 0.15) is 88.7 Å². The van der Waals surface area contributed by atoms with E-state index in [0.717, 1.165) is 70.6 Å². The second kappa shape index (κ2) is 13.8. The third kappa shape index (κ3) is 6.51. The van der Waals surface area contributed by atoms with Crippen LogP contribution in [0, 0.1) is 11.8 Å². The van der Waals surface area contributed by atoms with Gasteiger partial charge in [-0.15, -0.1) is 0 Å². The molecule has 4 aliphatic rings. The number of aromatic nitrogens is 5. The average Bonchev–Trinajstić information content (AvgIpc) is 3.90. The van der Waals surface area contributed by atoms with Gasteiger partial charge in [-0.1, -0.05) is 19.4 Å². The molecule has 2 aromatic carbocycles. The zero-order valence-electron chi connectivity index (χ0n) is 32.6. The Labute approximate surface area is 318 Å². The van der Waals surface area contributed by atoms with Gasteiger partial charge in [0.15, 0.2) is 5.79 Å². The number of methoxy groups -OCH3 is 2. The number of hydrogen-bond donors (Lipinski definition) is 2. The second-order valence-corrected chi connectivity index (χ2v) is 17.1. The molecule has 3 aliphatic carbocycles. The Kier molecular flexibility index (Phi) is 9.10. The molecule has 4 atom stereocenters. The maximum Gasteiger partial charge on any atom is 0.163 e. The molecule has 54 heavy (non-hydrogen) atoms. The summed E-state index contributed by atoms with van der Waals surface area (Å²) in [5.41, 5.74) is 6.02. The molecular formula is C43H55N7O4. The molecule has 0 spiro atoms. The van der Waals surface area contributed by atoms with Gasteiger partial charge in [0.25, 0.3) is 0 Å². The number of fused-ring (bicyclic) bond motifs is 3. The van der Waals surface area contributed by atoms with E-state index in [0.29, 0.717) is 23.9 Å². The molecular weight excluding hydrogens is 679 g/mol. The number of ether oxygens (including phenoxy) is 4. The summed E-state index contributed by atoms with van der Waals surface area (Å²) in [5.74, 6) is 3.92. The van der Waals surface area contributed by atoms with Crippen LogP contribution in [-0.2, 0) is 27.9 Å². The molecule has 11 heteroatoms. The zero-order valence-corrected chi connectivity index (χ0v) is 32.6. The lowest BCUT2D eigenvalue weighted by molar-refractivity contribution is -0.161. The van der Waals surface area contributed by atoms with Crippen molar-refractivity contribution < 1.29 is 18.9 Å². The smallest absolute Gasteiger partial charge is 0.163 e. The van der Waals surface area contributed by atoms with Crippen LogP contribution in [-0.4, -0.2) is 81.3 Å². The predicted octanol–water partition coefficient (Wildman–Crippen LogP) is 7.80. The summed E-state index contributed by atoms with van der Waals surface area (Å²) in [6, 6.07) is 15.5. The van der Waals surface area contributed by atoms with Crippen LogP contribution in [0.25, 0.3) is 22.1 Å². The highest BCUT2D eigenvalue weighted by Gasteiger charge is 2.55. The molecule has 4 fully saturated rings. The number of nitrogens with zero attached hydrogens (tertiary/aromatic N) is 5. The number of nitrogens with one attached hydrogen (secondary N) is 2. The number of H-pyrrole nitrogens is 1. The molecule has 3 aromatic heterocycles. The lowest BCUT2D eigenvalue weighted by Crippen LogP contribution is -2.46. The van der Waals surface area contributed by atoms with Gasteiger partial charge in [0.1, 0.15) is 41.2 Å². The Bertz CT molecular complexity index is 2130. The Morgan fingerprint density at radius 3 is 2.59 bits per heavy atom. The summed E-state index contributed by atoms with van der Waals surface area (Å²) in [4.78, 5) is 20.6. The summed E-state index contributed by atoms with van der Waals surface area (Å²) in [6.07, 6.45) is 13.3. The van der Waals surface area contributed by atoms with Crippen molar-refractivity contribution in [1.29, 1.82) is 0 Å². The molecule has 0 bridgehead atoms. The number of benzene rings is 2. The van der Waals surface area contributed by atoms with Gasteiger partial charge in [-0.3, -0.25) is 0 Å². The Morgan fingerprint density at radius 1 is 0.981 bits per heavy atom. The van der Waals surface area contributed by atoms with E-state index in [-0.39, 0.29) is 18.2 Å². The van der Waals surface area contributed by atoms with Gasteiger partial charge >= 0.3 is 0 Å². The highest BCUT2D eigenvalue weighted by atomic mass is 16.8. The lowest BCUT2D eigenvalue weighted by atomic mass is 9.66. The quantitative estimate of drug-likeness (QED) is 0.125. The maximum absolute atomic E-state index is 6.64. The predicted molar refractivity (Wildman–Crippen MR) is 210 cm³/mol. The number of aryl methyl sites for hydroxylation is 1. The highest BCUT2D eigenvalue weighted by molar-refractivity contribution is 5.87. The minimum atomic E-state index is -0.623. The van der Waals surface area contributed by atoms with Gasteiger partial charge < -0.3 is 38.7 Å². The summed E-state index contributed by atoms with van der Waals surface area (Å²) in [5, 5.41) is 4.51. The molecule has 0 amide bonds. The van der Waals surface area contributed by atoms with Crippen molar-refractivity contribution in [1.82, 2.24) is 29.4 Å². The molecule has 1 saturated heterocycles. The Balaban J connectivity index is 0.829. The van der Waals surface area contributed by atoms with Crippen molar-refractivity contribution >= 4 is 27.9 Å². The summed E-state index contributed by atoms with van der Waals surface area (Å²) in [6.45, 7) is 8.03. The van der Waals surface area contributed by atoms with Crippen molar-refractivity contribution in [2.24, 2.45) is 11.8 Å². The first-order chi connectivity index (χ1) is 26.1. The molecule has 2 N–H and O–H groups in total. The minimum absolute atomic E-state index is 0.0308. The summed E-state index contributed by atoms with van der Waals surface area (Å²) in [7, 11) is 5.64. The topological polar surface area (TPSA) is 112 Å². The molecule has 9 rings (SSSR count). The van der Waals surface area contributed by atoms with Crippen LogP contribution in [0.15, 0.2) is 55.0 Å². The van der Waals surface area contributed by atoms with Gasteiger partial charge in [-0.2, -0.15) is 0 Å². The van der Waals surface area contributed by atoms with Crippen LogP contribution >= 0.6 is 0 Å². The monoisotopic (exact) mass is 733 g/mol. The number of hydrogen-bond acceptors (Lipinski definition) is 9. The summed E-state index contributed by atoms with van der Waals surface area (Å²) >= 11 is 0. The van der Waals surface area contributed by atoms with Crippen molar-refractivity contribution in [2.75, 3.05) is 33.1 Å². The van der Waals surface area contributed by atoms with E-state index in [4.69, 9.17) is 28.9 Å². The van der Waals surface area contributed by atoms with E-state index in [9.17, 15) is 0 Å². The normalized spacial score (nSPS) is 26.9. The number of rotatable bonds is 13. The first-order valence-electron chi connectivity index (χ1n) is 19.9. The van der Waals surface area contributed by atoms with Gasteiger partial charge in [0.2, 0.25) is 0 Å². The average molecular weight is 734 g/mol. The van der Waals surface area contributed by atoms with Crippen molar-refractivity contribution in [2.45, 2.75) is 114 Å². The Hall–Kier alpha value is -4.19. The lowest BCUT2D eigenvalue weighted by Gasteiger charge is -2.42. The van der Waals surface area contributed by atoms with E-state index in [2.05, 4.69) is 69.2 Å². The van der Waals surface area contributed by atoms with Crippen molar-refractivity contribution in [3.05, 3.63) is 71.9 Å². The van der Waals surface area contributed by atoms with Crippen LogP contribution in [0.3, 0.4) is 0 Å². The van der Waals surface area contributed by atoms with E-state index >= 15 is 0 Å². The maximum atomic E-state index is 6.64. The van der Waals surface area contributed by atoms with Crippen molar-refractivity contribution in [3.63, 3.8) is 0 Å². The van der Waals surface area contributed by atoms with Gasteiger partial charge in [0.05, 0.1) is 42.8 Å². The first kappa shape index (κ1) is 35.5. The standard InChI is InChI=1S/C43H55N7O4/c1-42(2)53-38-28(24-49(4)30-18-26(19-30)8-13-37-47-33-12-10-29(21-34(33)48-37)43(3)15-7-16-43)20-35(39(38)54-42)50-17-14-32-40(45-25-46-41(32)50)44-23-27-9-11-31(51-5)22-36(27)52-6/h9-12,14,17,21-22,25-26,28,30,35,38-39H,7-8,13,15-16,18-20,23-24H2,1-6H3,(H,47,48)(H,44,45,46)/t26?,28-,30?,35-,38-,39+/m1/s1. The zero-order chi connectivity index (χ0) is 37.2. The van der Waals surface area contributed by atoms with Crippen LogP contribution in [0.5, 0.6) is 11.5 Å². The second-order valence-electron chi connectivity index (χ2n) is 17.1. The Morgan fingerprint density at radius 2 is 1.81 bits per heavy atom. The minimum Gasteiger partial charge on any atom is -0.497 e. The van der Waals surface area contributed by atoms with E-state index in [1.165, 1.54) is 49.6 Å². The third-order valence-corrected chi connectivity index (χ3v) is 13.2. The van der Waals surface area contributed by atoms with Gasteiger partial charge in [-0.05, 0) is 107 Å². The first-order valence-corrected chi connectivity index (χ1v) is 19.9. The third-order valence-electron chi connectivity index (χ3n) is 13.2. The van der Waals surface area contributed by atoms with E-state index < -0.39 is 5.79 Å². The fraction of sp³-hybridized carbons (Fsp3) is 0.558. The molecule has 0 radical (unpaired) electrons. The molecule has 4 heterocycles. The fourth-order valence-corrected chi connectivity index (χ4v) is 9.77. The molecule has 11 nitrogen and oxygen atoms in total. The molecule has 3 saturated carbocycles. The SMILES string of the molecule is COc1ccc(CNc2ncnc3c2ccn3[C@@H]2C[C@H](CN(C)C3CC(CCc4nc5ccc(C6(C)CCC6)cc5[nH]4)C3)[C@H]3OC(C)(C)O[C@H]32)c(OC)c1. The number of anilines is 1. The van der Waals surface area contributed by atoms with Crippen LogP contribution in [0.2, 0.25) is 0 Å². The molecule has 0 unspecified atom stereocenters. The molecule has 5 aromatic rings. The fourth-order valence-electron chi connectivity index (χ4n) is 9.77. The number of imidazole rings is 1. The van der Waals surface area contributed by atoms with E-state index in [1.54, 1.807) is 20.5 Å². The largest absolute Gasteiger partial charge is 0.497 e. The highest BCUT2D eigenvalue weighted by Crippen LogP contribution is 2.49. The summed E-state index contributed by atoms with van der Waals surface area (Å²) < 4.78 is 26.6. The molecule has 1 aliphatic heterocycles. The van der Waals surface area contributed by atoms with E-state index in [1.807, 2.05) is 32.0 Å². The van der Waals surface area contributed by atoms with Gasteiger partial charge in [-0.25, -0.2) is 15.0 Å². The van der Waals surface area contributed by atoms with Crippen LogP contribution in [0.4, 0.5) is 5.82 Å². The van der Waals surface area contributed by atoms with Crippen molar-refractivity contribution in [3.8, 4) is 11.5 Å².